The minimum Gasteiger partial charge on any atom is -0.338 e. The zero-order valence-electron chi connectivity index (χ0n) is 11.0. The average Bonchev–Trinajstić information content (AvgIpc) is 3.06. The first-order valence-electron chi connectivity index (χ1n) is 6.41. The minimum absolute atomic E-state index is 0.000481. The average molecular weight is 353 g/mol. The Kier molecular flexibility index (Phi) is 3.60. The molecule has 0 saturated carbocycles. The molecule has 8 nitrogen and oxygen atoms in total. The molecule has 3 N–H and O–H groups in total. The largest absolute Gasteiger partial charge is 0.338 e. The van der Waals surface area contributed by atoms with Crippen molar-refractivity contribution in [2.45, 2.75) is 12.5 Å². The number of nitrogens with zero attached hydrogens (tertiary/aromatic N) is 4. The van der Waals surface area contributed by atoms with Gasteiger partial charge in [0.15, 0.2) is 5.82 Å². The summed E-state index contributed by atoms with van der Waals surface area (Å²) in [6, 6.07) is 4.80. The van der Waals surface area contributed by atoms with Crippen molar-refractivity contribution < 1.29 is 4.92 Å². The van der Waals surface area contributed by atoms with E-state index in [0.29, 0.717) is 21.8 Å². The highest BCUT2D eigenvalue weighted by atomic mass is 79.9. The number of non-ortho nitro benzene ring substituents is 1. The van der Waals surface area contributed by atoms with Crippen LogP contribution in [0.4, 0.5) is 11.6 Å². The number of nitrogens with two attached hydrogens (primary N) is 1. The monoisotopic (exact) mass is 352 g/mol. The third-order valence-electron chi connectivity index (χ3n) is 3.35. The van der Waals surface area contributed by atoms with E-state index >= 15 is 0 Å². The van der Waals surface area contributed by atoms with Crippen LogP contribution in [0.15, 0.2) is 22.7 Å². The number of halogens is 1. The number of rotatable bonds is 3. The molecule has 1 fully saturated rings. The van der Waals surface area contributed by atoms with Crippen LogP contribution in [0, 0.1) is 10.1 Å². The van der Waals surface area contributed by atoms with E-state index in [0.717, 1.165) is 19.5 Å². The Bertz CT molecular complexity index is 688. The molecule has 1 atom stereocenters. The lowest BCUT2D eigenvalue weighted by atomic mass is 10.2. The second kappa shape index (κ2) is 5.41. The van der Waals surface area contributed by atoms with E-state index in [-0.39, 0.29) is 11.7 Å². The maximum atomic E-state index is 10.9. The number of aromatic amines is 1. The van der Waals surface area contributed by atoms with Crippen molar-refractivity contribution in [1.29, 1.82) is 0 Å². The lowest BCUT2D eigenvalue weighted by Crippen LogP contribution is -2.26. The second-order valence-electron chi connectivity index (χ2n) is 4.93. The molecular weight excluding hydrogens is 340 g/mol. The zero-order valence-corrected chi connectivity index (χ0v) is 12.6. The number of aromatic nitrogens is 3. The van der Waals surface area contributed by atoms with Gasteiger partial charge in [0.2, 0.25) is 5.95 Å². The Morgan fingerprint density at radius 2 is 2.29 bits per heavy atom. The Labute approximate surface area is 128 Å². The highest BCUT2D eigenvalue weighted by molar-refractivity contribution is 9.10. The molecule has 21 heavy (non-hydrogen) atoms. The number of nitrogens with one attached hydrogen (secondary N) is 1. The van der Waals surface area contributed by atoms with Crippen LogP contribution in [0.25, 0.3) is 11.4 Å². The van der Waals surface area contributed by atoms with E-state index in [4.69, 9.17) is 5.73 Å². The Morgan fingerprint density at radius 3 is 2.95 bits per heavy atom. The molecule has 110 valence electrons. The summed E-state index contributed by atoms with van der Waals surface area (Å²) in [6.45, 7) is 1.53. The molecule has 1 aliphatic rings. The first-order valence-corrected chi connectivity index (χ1v) is 7.20. The summed E-state index contributed by atoms with van der Waals surface area (Å²) in [4.78, 5) is 16.9. The number of nitro benzene ring substituents is 1. The van der Waals surface area contributed by atoms with E-state index in [1.165, 1.54) is 12.1 Å². The Hall–Kier alpha value is -2.00. The molecule has 9 heteroatoms. The molecule has 0 radical (unpaired) electrons. The lowest BCUT2D eigenvalue weighted by molar-refractivity contribution is -0.384. The van der Waals surface area contributed by atoms with E-state index in [2.05, 4.69) is 31.1 Å². The van der Waals surface area contributed by atoms with Gasteiger partial charge in [-0.3, -0.25) is 15.2 Å². The predicted octanol–water partition coefficient (Wildman–Crippen LogP) is 1.68. The van der Waals surface area contributed by atoms with Crippen LogP contribution in [0.5, 0.6) is 0 Å². The summed E-state index contributed by atoms with van der Waals surface area (Å²) >= 11 is 3.27. The third kappa shape index (κ3) is 2.88. The SMILES string of the molecule is NC1CCN(c2n[nH]c(-c3cc(Br)cc([N+](=O)[O-])c3)n2)C1. The van der Waals surface area contributed by atoms with Gasteiger partial charge in [-0.1, -0.05) is 15.9 Å². The van der Waals surface area contributed by atoms with Crippen LogP contribution >= 0.6 is 15.9 Å². The molecular formula is C12H13BrN6O2. The fourth-order valence-corrected chi connectivity index (χ4v) is 2.79. The van der Waals surface area contributed by atoms with Crippen molar-refractivity contribution in [3.8, 4) is 11.4 Å². The molecule has 3 rings (SSSR count). The summed E-state index contributed by atoms with van der Waals surface area (Å²) in [6.07, 6.45) is 0.909. The summed E-state index contributed by atoms with van der Waals surface area (Å²) in [5.41, 5.74) is 6.47. The molecule has 2 heterocycles. The van der Waals surface area contributed by atoms with Gasteiger partial charge in [-0.15, -0.1) is 5.10 Å². The molecule has 2 aromatic rings. The van der Waals surface area contributed by atoms with Crippen molar-refractivity contribution in [1.82, 2.24) is 15.2 Å². The van der Waals surface area contributed by atoms with Gasteiger partial charge in [0, 0.05) is 41.3 Å². The summed E-state index contributed by atoms with van der Waals surface area (Å²) in [5.74, 6) is 1.07. The predicted molar refractivity (Wildman–Crippen MR) is 81.0 cm³/mol. The van der Waals surface area contributed by atoms with Crippen molar-refractivity contribution in [2.75, 3.05) is 18.0 Å². The first kappa shape index (κ1) is 14.0. The number of hydrogen-bond acceptors (Lipinski definition) is 6. The van der Waals surface area contributed by atoms with E-state index < -0.39 is 4.92 Å². The Balaban J connectivity index is 1.91. The number of anilines is 1. The Morgan fingerprint density at radius 1 is 1.48 bits per heavy atom. The fraction of sp³-hybridized carbons (Fsp3) is 0.333. The third-order valence-corrected chi connectivity index (χ3v) is 3.81. The van der Waals surface area contributed by atoms with Gasteiger partial charge < -0.3 is 10.6 Å². The molecule has 0 amide bonds. The molecule has 0 spiro atoms. The molecule has 1 aromatic carbocycles. The maximum Gasteiger partial charge on any atom is 0.271 e. The zero-order chi connectivity index (χ0) is 15.0. The lowest BCUT2D eigenvalue weighted by Gasteiger charge is -2.11. The first-order chi connectivity index (χ1) is 10.0. The van der Waals surface area contributed by atoms with Gasteiger partial charge in [0.05, 0.1) is 4.92 Å². The molecule has 1 aromatic heterocycles. The topological polar surface area (TPSA) is 114 Å². The highest BCUT2D eigenvalue weighted by Gasteiger charge is 2.23. The smallest absolute Gasteiger partial charge is 0.271 e. The van der Waals surface area contributed by atoms with Gasteiger partial charge in [-0.2, -0.15) is 4.98 Å². The number of nitro groups is 1. The number of H-pyrrole nitrogens is 1. The molecule has 1 saturated heterocycles. The molecule has 1 aliphatic heterocycles. The van der Waals surface area contributed by atoms with Gasteiger partial charge in [0.25, 0.3) is 5.69 Å². The number of benzene rings is 1. The normalized spacial score (nSPS) is 18.2. The minimum atomic E-state index is -0.439. The van der Waals surface area contributed by atoms with Crippen molar-refractivity contribution in [2.24, 2.45) is 5.73 Å². The van der Waals surface area contributed by atoms with Gasteiger partial charge in [0.1, 0.15) is 0 Å². The van der Waals surface area contributed by atoms with Crippen LogP contribution < -0.4 is 10.6 Å². The van der Waals surface area contributed by atoms with Crippen LogP contribution in [0.2, 0.25) is 0 Å². The van der Waals surface area contributed by atoms with Crippen molar-refractivity contribution >= 4 is 27.6 Å². The van der Waals surface area contributed by atoms with Crippen molar-refractivity contribution in [3.63, 3.8) is 0 Å². The summed E-state index contributed by atoms with van der Waals surface area (Å²) < 4.78 is 0.618. The van der Waals surface area contributed by atoms with Crippen molar-refractivity contribution in [3.05, 3.63) is 32.8 Å². The van der Waals surface area contributed by atoms with Crippen LogP contribution in [-0.4, -0.2) is 39.2 Å². The van der Waals surface area contributed by atoms with Gasteiger partial charge in [-0.05, 0) is 12.5 Å². The van der Waals surface area contributed by atoms with Gasteiger partial charge >= 0.3 is 0 Å². The molecule has 0 aliphatic carbocycles. The standard InChI is InChI=1S/C12H13BrN6O2/c13-8-3-7(4-10(5-8)19(20)21)11-15-12(17-16-11)18-2-1-9(14)6-18/h3-5,9H,1-2,6,14H2,(H,15,16,17). The molecule has 1 unspecified atom stereocenters. The van der Waals surface area contributed by atoms with Crippen LogP contribution in [-0.2, 0) is 0 Å². The van der Waals surface area contributed by atoms with Crippen LogP contribution in [0.1, 0.15) is 6.42 Å². The van der Waals surface area contributed by atoms with E-state index in [1.807, 2.05) is 4.90 Å². The van der Waals surface area contributed by atoms with E-state index in [9.17, 15) is 10.1 Å². The van der Waals surface area contributed by atoms with Crippen LogP contribution in [0.3, 0.4) is 0 Å². The summed E-state index contributed by atoms with van der Waals surface area (Å²) in [7, 11) is 0. The van der Waals surface area contributed by atoms with E-state index in [1.54, 1.807) is 6.07 Å². The maximum absolute atomic E-state index is 10.9. The molecule has 0 bridgehead atoms. The summed E-state index contributed by atoms with van der Waals surface area (Å²) in [5, 5.41) is 17.9. The highest BCUT2D eigenvalue weighted by Crippen LogP contribution is 2.27. The fourth-order valence-electron chi connectivity index (χ4n) is 2.31. The second-order valence-corrected chi connectivity index (χ2v) is 5.85. The number of hydrogen-bond donors (Lipinski definition) is 2. The van der Waals surface area contributed by atoms with Gasteiger partial charge in [-0.25, -0.2) is 0 Å². The quantitative estimate of drug-likeness (QED) is 0.641.